The summed E-state index contributed by atoms with van der Waals surface area (Å²) in [7, 11) is 1.78. The van der Waals surface area contributed by atoms with Crippen LogP contribution in [0.4, 0.5) is 0 Å². The smallest absolute Gasteiger partial charge is 0.132 e. The maximum absolute atomic E-state index is 9.46. The predicted octanol–water partition coefficient (Wildman–Crippen LogP) is 4.35. The van der Waals surface area contributed by atoms with Crippen molar-refractivity contribution in [2.75, 3.05) is 20.3 Å². The molecule has 0 radical (unpaired) electrons. The normalized spacial score (nSPS) is 18.7. The van der Waals surface area contributed by atoms with Crippen LogP contribution in [-0.2, 0) is 9.47 Å². The van der Waals surface area contributed by atoms with Crippen molar-refractivity contribution in [1.29, 1.82) is 5.26 Å². The van der Waals surface area contributed by atoms with Gasteiger partial charge in [0.05, 0.1) is 18.8 Å². The fourth-order valence-electron chi connectivity index (χ4n) is 2.51. The molecule has 1 fully saturated rings. The van der Waals surface area contributed by atoms with E-state index < -0.39 is 0 Å². The van der Waals surface area contributed by atoms with Gasteiger partial charge in [-0.3, -0.25) is 4.99 Å². The molecule has 0 atom stereocenters. The lowest BCUT2D eigenvalue weighted by atomic mass is 10.0. The molecule has 0 aromatic heterocycles. The molecule has 0 unspecified atom stereocenters. The van der Waals surface area contributed by atoms with Crippen molar-refractivity contribution in [3.8, 4) is 6.07 Å². The Labute approximate surface area is 140 Å². The van der Waals surface area contributed by atoms with Crippen LogP contribution < -0.4 is 0 Å². The average Bonchev–Trinajstić information content (AvgIpc) is 2.59. The molecule has 4 nitrogen and oxygen atoms in total. The van der Waals surface area contributed by atoms with Gasteiger partial charge in [-0.15, -0.1) is 0 Å². The van der Waals surface area contributed by atoms with Gasteiger partial charge in [0.2, 0.25) is 0 Å². The summed E-state index contributed by atoms with van der Waals surface area (Å²) < 4.78 is 11.4. The van der Waals surface area contributed by atoms with E-state index in [4.69, 9.17) is 9.47 Å². The van der Waals surface area contributed by atoms with Crippen LogP contribution in [0.25, 0.3) is 0 Å². The zero-order valence-electron chi connectivity index (χ0n) is 14.8. The van der Waals surface area contributed by atoms with Crippen LogP contribution in [-0.4, -0.2) is 32.6 Å². The third-order valence-electron chi connectivity index (χ3n) is 3.94. The van der Waals surface area contributed by atoms with Gasteiger partial charge in [0.25, 0.3) is 0 Å². The van der Waals surface area contributed by atoms with E-state index in [1.165, 1.54) is 11.1 Å². The first-order valence-corrected chi connectivity index (χ1v) is 8.28. The summed E-state index contributed by atoms with van der Waals surface area (Å²) in [6.07, 6.45) is 9.28. The minimum absolute atomic E-state index is 0.141. The van der Waals surface area contributed by atoms with Crippen LogP contribution in [0, 0.1) is 11.3 Å². The molecule has 1 heterocycles. The third-order valence-corrected chi connectivity index (χ3v) is 3.94. The molecule has 0 aromatic rings. The predicted molar refractivity (Wildman–Crippen MR) is 94.4 cm³/mol. The van der Waals surface area contributed by atoms with E-state index in [-0.39, 0.29) is 6.10 Å². The van der Waals surface area contributed by atoms with E-state index in [0.29, 0.717) is 11.3 Å². The zero-order valence-corrected chi connectivity index (χ0v) is 14.8. The lowest BCUT2D eigenvalue weighted by Crippen LogP contribution is -2.23. The molecule has 23 heavy (non-hydrogen) atoms. The minimum Gasteiger partial charge on any atom is -0.489 e. The van der Waals surface area contributed by atoms with Gasteiger partial charge < -0.3 is 9.47 Å². The van der Waals surface area contributed by atoms with Crippen LogP contribution in [0.3, 0.4) is 0 Å². The number of hydrogen-bond acceptors (Lipinski definition) is 4. The van der Waals surface area contributed by atoms with Crippen LogP contribution in [0.5, 0.6) is 0 Å². The molecular formula is C19H28N2O2. The number of allylic oxidation sites excluding steroid dienone is 5. The van der Waals surface area contributed by atoms with Gasteiger partial charge in [-0.1, -0.05) is 18.6 Å². The standard InChI is InChI=1S/C19H28N2O2/c1-5-16(14-21-4)15(3)7-8-17(13-20)19(6-2)23-18-9-11-22-12-10-18/h6,8,14,18H,5,7,9-12H2,1-4H3/b16-15+,17-8-,19-6+,21-14?. The molecule has 0 amide bonds. The second-order valence-corrected chi connectivity index (χ2v) is 5.56. The molecule has 1 rings (SSSR count). The Hall–Kier alpha value is -1.86. The Morgan fingerprint density at radius 3 is 2.61 bits per heavy atom. The van der Waals surface area contributed by atoms with Crippen molar-refractivity contribution >= 4 is 6.21 Å². The maximum atomic E-state index is 9.46. The molecule has 0 aromatic carbocycles. The van der Waals surface area contributed by atoms with E-state index in [1.807, 2.05) is 25.3 Å². The molecule has 1 saturated heterocycles. The van der Waals surface area contributed by atoms with Gasteiger partial charge in [-0.2, -0.15) is 5.26 Å². The Balaban J connectivity index is 2.81. The summed E-state index contributed by atoms with van der Waals surface area (Å²) in [6.45, 7) is 7.56. The lowest BCUT2D eigenvalue weighted by Gasteiger charge is -2.24. The first-order valence-electron chi connectivity index (χ1n) is 8.28. The van der Waals surface area contributed by atoms with Crippen LogP contribution >= 0.6 is 0 Å². The fourth-order valence-corrected chi connectivity index (χ4v) is 2.51. The molecule has 0 N–H and O–H groups in total. The van der Waals surface area contributed by atoms with E-state index in [9.17, 15) is 5.26 Å². The van der Waals surface area contributed by atoms with E-state index in [2.05, 4.69) is 24.9 Å². The van der Waals surface area contributed by atoms with Crippen LogP contribution in [0.1, 0.15) is 46.5 Å². The lowest BCUT2D eigenvalue weighted by molar-refractivity contribution is -0.00148. The highest BCUT2D eigenvalue weighted by molar-refractivity contribution is 5.79. The summed E-state index contributed by atoms with van der Waals surface area (Å²) >= 11 is 0. The molecule has 0 aliphatic carbocycles. The monoisotopic (exact) mass is 316 g/mol. The number of ether oxygens (including phenoxy) is 2. The van der Waals surface area contributed by atoms with E-state index in [1.54, 1.807) is 7.05 Å². The quantitative estimate of drug-likeness (QED) is 0.303. The van der Waals surface area contributed by atoms with Gasteiger partial charge in [0, 0.05) is 26.1 Å². The molecular weight excluding hydrogens is 288 g/mol. The summed E-state index contributed by atoms with van der Waals surface area (Å²) in [4.78, 5) is 4.09. The van der Waals surface area contributed by atoms with Crippen molar-refractivity contribution in [3.05, 3.63) is 34.6 Å². The van der Waals surface area contributed by atoms with Crippen molar-refractivity contribution in [2.24, 2.45) is 4.99 Å². The highest BCUT2D eigenvalue weighted by atomic mass is 16.5. The second-order valence-electron chi connectivity index (χ2n) is 5.56. The van der Waals surface area contributed by atoms with Gasteiger partial charge in [-0.05, 0) is 38.3 Å². The van der Waals surface area contributed by atoms with Crippen molar-refractivity contribution in [3.63, 3.8) is 0 Å². The number of nitrogens with zero attached hydrogens (tertiary/aromatic N) is 2. The second kappa shape index (κ2) is 10.8. The number of hydrogen-bond donors (Lipinski definition) is 0. The van der Waals surface area contributed by atoms with Gasteiger partial charge >= 0.3 is 0 Å². The average molecular weight is 316 g/mol. The fraction of sp³-hybridized carbons (Fsp3) is 0.579. The molecule has 4 heteroatoms. The Bertz CT molecular complexity index is 530. The number of aliphatic imine (C=N–C) groups is 1. The van der Waals surface area contributed by atoms with Crippen molar-refractivity contribution in [2.45, 2.75) is 52.6 Å². The zero-order chi connectivity index (χ0) is 17.1. The number of rotatable bonds is 7. The summed E-state index contributed by atoms with van der Waals surface area (Å²) in [5, 5.41) is 9.46. The van der Waals surface area contributed by atoms with Crippen molar-refractivity contribution in [1.82, 2.24) is 0 Å². The molecule has 0 bridgehead atoms. The summed E-state index contributed by atoms with van der Waals surface area (Å²) in [6, 6.07) is 2.27. The SMILES string of the molecule is C/C=C(OC1CCOCC1)\C(C#N)=C/C/C(C)=C(/C=NC)CC. The van der Waals surface area contributed by atoms with E-state index >= 15 is 0 Å². The Kier molecular flexibility index (Phi) is 9.01. The first-order chi connectivity index (χ1) is 11.2. The van der Waals surface area contributed by atoms with Gasteiger partial charge in [0.15, 0.2) is 0 Å². The molecule has 1 aliphatic heterocycles. The van der Waals surface area contributed by atoms with E-state index in [0.717, 1.165) is 38.9 Å². The van der Waals surface area contributed by atoms with Gasteiger partial charge in [0.1, 0.15) is 17.9 Å². The topological polar surface area (TPSA) is 54.6 Å². The third kappa shape index (κ3) is 6.42. The van der Waals surface area contributed by atoms with Crippen molar-refractivity contribution < 1.29 is 9.47 Å². The first kappa shape index (κ1) is 19.2. The van der Waals surface area contributed by atoms with Crippen LogP contribution in [0.2, 0.25) is 0 Å². The molecule has 1 aliphatic rings. The maximum Gasteiger partial charge on any atom is 0.132 e. The summed E-state index contributed by atoms with van der Waals surface area (Å²) in [5.74, 6) is 0.675. The number of nitriles is 1. The summed E-state index contributed by atoms with van der Waals surface area (Å²) in [5.41, 5.74) is 3.04. The highest BCUT2D eigenvalue weighted by Crippen LogP contribution is 2.21. The molecule has 0 saturated carbocycles. The molecule has 0 spiro atoms. The Morgan fingerprint density at radius 1 is 1.39 bits per heavy atom. The van der Waals surface area contributed by atoms with Crippen LogP contribution in [0.15, 0.2) is 39.6 Å². The largest absolute Gasteiger partial charge is 0.489 e. The Morgan fingerprint density at radius 2 is 2.09 bits per heavy atom. The molecule has 126 valence electrons. The van der Waals surface area contributed by atoms with Gasteiger partial charge in [-0.25, -0.2) is 0 Å². The highest BCUT2D eigenvalue weighted by Gasteiger charge is 2.17. The minimum atomic E-state index is 0.141.